The van der Waals surface area contributed by atoms with Gasteiger partial charge in [-0.05, 0) is 41.8 Å². The Balaban J connectivity index is 1.71. The molecular weight excluding hydrogens is 264 g/mol. The van der Waals surface area contributed by atoms with Gasteiger partial charge in [-0.2, -0.15) is 0 Å². The molecule has 2 aromatic carbocycles. The van der Waals surface area contributed by atoms with Crippen LogP contribution >= 0.6 is 0 Å². The van der Waals surface area contributed by atoms with Crippen molar-refractivity contribution < 1.29 is 9.59 Å². The molecule has 4 heteroatoms. The molecule has 2 N–H and O–H groups in total. The lowest BCUT2D eigenvalue weighted by molar-refractivity contribution is -0.115. The van der Waals surface area contributed by atoms with Crippen molar-refractivity contribution in [3.05, 3.63) is 64.7 Å². The Bertz CT molecular complexity index is 722. The number of fused-ring (bicyclic) bond motifs is 1. The van der Waals surface area contributed by atoms with E-state index in [4.69, 9.17) is 0 Å². The molecule has 106 valence electrons. The Hall–Kier alpha value is -2.62. The second kappa shape index (κ2) is 5.40. The molecule has 0 bridgehead atoms. The largest absolute Gasteiger partial charge is 0.348 e. The van der Waals surface area contributed by atoms with E-state index in [0.717, 1.165) is 22.4 Å². The second-order valence-corrected chi connectivity index (χ2v) is 5.21. The first-order chi connectivity index (χ1) is 10.1. The van der Waals surface area contributed by atoms with E-state index in [-0.39, 0.29) is 11.8 Å². The fourth-order valence-electron chi connectivity index (χ4n) is 2.46. The lowest BCUT2D eigenvalue weighted by Crippen LogP contribution is -2.23. The quantitative estimate of drug-likeness (QED) is 0.907. The third kappa shape index (κ3) is 2.79. The molecule has 0 spiro atoms. The van der Waals surface area contributed by atoms with Crippen molar-refractivity contribution in [2.75, 3.05) is 5.32 Å². The molecule has 0 unspecified atom stereocenters. The van der Waals surface area contributed by atoms with E-state index < -0.39 is 0 Å². The number of hydrogen-bond acceptors (Lipinski definition) is 2. The summed E-state index contributed by atoms with van der Waals surface area (Å²) in [7, 11) is 0. The van der Waals surface area contributed by atoms with Crippen LogP contribution in [0.15, 0.2) is 42.5 Å². The summed E-state index contributed by atoms with van der Waals surface area (Å²) in [5, 5.41) is 5.67. The molecule has 1 heterocycles. The van der Waals surface area contributed by atoms with Gasteiger partial charge in [0.25, 0.3) is 5.91 Å². The highest BCUT2D eigenvalue weighted by Crippen LogP contribution is 2.23. The molecule has 4 nitrogen and oxygen atoms in total. The molecule has 0 aliphatic carbocycles. The molecule has 1 aliphatic heterocycles. The van der Waals surface area contributed by atoms with Gasteiger partial charge >= 0.3 is 0 Å². The summed E-state index contributed by atoms with van der Waals surface area (Å²) in [5.74, 6) is -0.150. The number of amides is 2. The van der Waals surface area contributed by atoms with Crippen molar-refractivity contribution in [2.45, 2.75) is 19.9 Å². The molecule has 0 radical (unpaired) electrons. The fraction of sp³-hybridized carbons (Fsp3) is 0.176. The summed E-state index contributed by atoms with van der Waals surface area (Å²) >= 11 is 0. The van der Waals surface area contributed by atoms with Crippen LogP contribution in [0.1, 0.15) is 27.0 Å². The summed E-state index contributed by atoms with van der Waals surface area (Å²) < 4.78 is 0. The van der Waals surface area contributed by atoms with Crippen LogP contribution in [0.2, 0.25) is 0 Å². The molecule has 0 atom stereocenters. The number of hydrogen-bond donors (Lipinski definition) is 2. The van der Waals surface area contributed by atoms with Crippen LogP contribution in [-0.2, 0) is 17.8 Å². The van der Waals surface area contributed by atoms with Gasteiger partial charge in [0.2, 0.25) is 5.91 Å². The van der Waals surface area contributed by atoms with Gasteiger partial charge in [0.05, 0.1) is 6.42 Å². The number of carbonyl (C=O) groups is 2. The first-order valence-corrected chi connectivity index (χ1v) is 6.89. The van der Waals surface area contributed by atoms with E-state index in [2.05, 4.69) is 10.6 Å². The van der Waals surface area contributed by atoms with Gasteiger partial charge in [-0.25, -0.2) is 0 Å². The molecule has 0 fully saturated rings. The maximum Gasteiger partial charge on any atom is 0.251 e. The van der Waals surface area contributed by atoms with Crippen molar-refractivity contribution in [1.82, 2.24) is 5.32 Å². The van der Waals surface area contributed by atoms with Crippen LogP contribution in [0.3, 0.4) is 0 Å². The van der Waals surface area contributed by atoms with Crippen LogP contribution in [0.25, 0.3) is 0 Å². The minimum Gasteiger partial charge on any atom is -0.348 e. The lowest BCUT2D eigenvalue weighted by atomic mass is 10.1. The van der Waals surface area contributed by atoms with E-state index >= 15 is 0 Å². The Kier molecular flexibility index (Phi) is 3.44. The molecule has 21 heavy (non-hydrogen) atoms. The lowest BCUT2D eigenvalue weighted by Gasteiger charge is -2.08. The number of nitrogens with one attached hydrogen (secondary N) is 2. The third-order valence-electron chi connectivity index (χ3n) is 3.69. The number of carbonyl (C=O) groups excluding carboxylic acids is 2. The maximum atomic E-state index is 12.2. The van der Waals surface area contributed by atoms with E-state index in [9.17, 15) is 9.59 Å². The molecule has 0 saturated heterocycles. The van der Waals surface area contributed by atoms with Crippen LogP contribution in [0.5, 0.6) is 0 Å². The molecule has 2 amide bonds. The second-order valence-electron chi connectivity index (χ2n) is 5.21. The van der Waals surface area contributed by atoms with Crippen LogP contribution in [0, 0.1) is 6.92 Å². The average molecular weight is 280 g/mol. The van der Waals surface area contributed by atoms with Crippen molar-refractivity contribution in [2.24, 2.45) is 0 Å². The summed E-state index contributed by atoms with van der Waals surface area (Å²) in [6.07, 6.45) is 0.342. The highest BCUT2D eigenvalue weighted by molar-refractivity contribution is 6.01. The summed E-state index contributed by atoms with van der Waals surface area (Å²) in [4.78, 5) is 23.5. The molecule has 3 rings (SSSR count). The zero-order valence-electron chi connectivity index (χ0n) is 11.8. The zero-order valence-corrected chi connectivity index (χ0v) is 11.8. The van der Waals surface area contributed by atoms with Crippen LogP contribution in [0.4, 0.5) is 5.69 Å². The molecule has 0 saturated carbocycles. The van der Waals surface area contributed by atoms with E-state index in [1.165, 1.54) is 0 Å². The normalized spacial score (nSPS) is 12.7. The van der Waals surface area contributed by atoms with Crippen LogP contribution < -0.4 is 10.6 Å². The van der Waals surface area contributed by atoms with E-state index in [0.29, 0.717) is 18.5 Å². The van der Waals surface area contributed by atoms with Gasteiger partial charge in [-0.1, -0.05) is 24.3 Å². The molecule has 1 aliphatic rings. The summed E-state index contributed by atoms with van der Waals surface area (Å²) in [6, 6.07) is 13.3. The molecular formula is C17H16N2O2. The topological polar surface area (TPSA) is 58.2 Å². The van der Waals surface area contributed by atoms with Gasteiger partial charge in [-0.3, -0.25) is 9.59 Å². The van der Waals surface area contributed by atoms with E-state index in [1.807, 2.05) is 31.2 Å². The summed E-state index contributed by atoms with van der Waals surface area (Å²) in [6.45, 7) is 2.52. The Morgan fingerprint density at radius 1 is 1.24 bits per heavy atom. The first-order valence-electron chi connectivity index (χ1n) is 6.89. The smallest absolute Gasteiger partial charge is 0.251 e. The number of benzene rings is 2. The highest BCUT2D eigenvalue weighted by Gasteiger charge is 2.19. The van der Waals surface area contributed by atoms with Gasteiger partial charge in [0, 0.05) is 17.8 Å². The Morgan fingerprint density at radius 2 is 2.05 bits per heavy atom. The molecule has 2 aromatic rings. The minimum absolute atomic E-state index is 0.0255. The van der Waals surface area contributed by atoms with Crippen molar-refractivity contribution in [1.29, 1.82) is 0 Å². The maximum absolute atomic E-state index is 12.2. The predicted molar refractivity (Wildman–Crippen MR) is 81.1 cm³/mol. The van der Waals surface area contributed by atoms with Crippen molar-refractivity contribution in [3.63, 3.8) is 0 Å². The fourth-order valence-corrected chi connectivity index (χ4v) is 2.46. The SMILES string of the molecule is Cc1ccccc1CNC(=O)c1ccc2c(c1)CC(=O)N2. The van der Waals surface area contributed by atoms with Crippen molar-refractivity contribution >= 4 is 17.5 Å². The van der Waals surface area contributed by atoms with Gasteiger partial charge in [-0.15, -0.1) is 0 Å². The number of anilines is 1. The minimum atomic E-state index is -0.125. The number of aryl methyl sites for hydroxylation is 1. The van der Waals surface area contributed by atoms with Crippen LogP contribution in [-0.4, -0.2) is 11.8 Å². The van der Waals surface area contributed by atoms with Gasteiger partial charge < -0.3 is 10.6 Å². The van der Waals surface area contributed by atoms with E-state index in [1.54, 1.807) is 18.2 Å². The number of rotatable bonds is 3. The van der Waals surface area contributed by atoms with Crippen molar-refractivity contribution in [3.8, 4) is 0 Å². The Labute approximate surface area is 123 Å². The Morgan fingerprint density at radius 3 is 2.86 bits per heavy atom. The van der Waals surface area contributed by atoms with Gasteiger partial charge in [0.15, 0.2) is 0 Å². The first kappa shape index (κ1) is 13.4. The third-order valence-corrected chi connectivity index (χ3v) is 3.69. The zero-order chi connectivity index (χ0) is 14.8. The molecule has 0 aromatic heterocycles. The standard InChI is InChI=1S/C17H16N2O2/c1-11-4-2-3-5-13(11)10-18-17(21)12-6-7-15-14(8-12)9-16(20)19-15/h2-8H,9-10H2,1H3,(H,18,21)(H,19,20). The monoisotopic (exact) mass is 280 g/mol. The highest BCUT2D eigenvalue weighted by atomic mass is 16.2. The average Bonchev–Trinajstić information content (AvgIpc) is 2.85. The predicted octanol–water partition coefficient (Wildman–Crippen LogP) is 2.42. The van der Waals surface area contributed by atoms with Gasteiger partial charge in [0.1, 0.15) is 0 Å². The summed E-state index contributed by atoms with van der Waals surface area (Å²) in [5.41, 5.74) is 4.52.